The summed E-state index contributed by atoms with van der Waals surface area (Å²) in [6, 6.07) is 5.29. The number of amides is 3. The quantitative estimate of drug-likeness (QED) is 0.600. The highest BCUT2D eigenvalue weighted by atomic mass is 16.2. The van der Waals surface area contributed by atoms with Gasteiger partial charge in [0.25, 0.3) is 5.91 Å². The zero-order chi connectivity index (χ0) is 13.7. The SMILES string of the molecule is CCc1ccc(C(=O)NC(C(N)=O)C(N)=O)cc1. The van der Waals surface area contributed by atoms with Crippen LogP contribution in [-0.4, -0.2) is 23.8 Å². The first-order valence-corrected chi connectivity index (χ1v) is 5.44. The van der Waals surface area contributed by atoms with Crippen LogP contribution in [0.5, 0.6) is 0 Å². The summed E-state index contributed by atoms with van der Waals surface area (Å²) in [6.07, 6.45) is 0.854. The molecule has 0 fully saturated rings. The molecule has 0 aliphatic carbocycles. The van der Waals surface area contributed by atoms with Crippen LogP contribution in [0.1, 0.15) is 22.8 Å². The molecule has 6 nitrogen and oxygen atoms in total. The number of nitrogens with one attached hydrogen (secondary N) is 1. The Balaban J connectivity index is 2.80. The molecule has 0 saturated heterocycles. The summed E-state index contributed by atoms with van der Waals surface area (Å²) < 4.78 is 0. The molecule has 1 rings (SSSR count). The lowest BCUT2D eigenvalue weighted by Crippen LogP contribution is -2.52. The van der Waals surface area contributed by atoms with E-state index in [9.17, 15) is 14.4 Å². The fraction of sp³-hybridized carbons (Fsp3) is 0.250. The van der Waals surface area contributed by atoms with E-state index in [1.54, 1.807) is 24.3 Å². The first-order valence-electron chi connectivity index (χ1n) is 5.44. The molecular formula is C12H15N3O3. The third-order valence-corrected chi connectivity index (χ3v) is 2.47. The van der Waals surface area contributed by atoms with E-state index in [0.717, 1.165) is 12.0 Å². The van der Waals surface area contributed by atoms with Gasteiger partial charge in [-0.15, -0.1) is 0 Å². The lowest BCUT2D eigenvalue weighted by atomic mass is 10.1. The Labute approximate surface area is 104 Å². The Bertz CT molecular complexity index is 454. The Morgan fingerprint density at radius 1 is 1.11 bits per heavy atom. The largest absolute Gasteiger partial charge is 0.367 e. The van der Waals surface area contributed by atoms with E-state index in [1.807, 2.05) is 6.92 Å². The van der Waals surface area contributed by atoms with Crippen molar-refractivity contribution in [3.8, 4) is 0 Å². The van der Waals surface area contributed by atoms with Crippen molar-refractivity contribution in [3.05, 3.63) is 35.4 Å². The smallest absolute Gasteiger partial charge is 0.252 e. The minimum absolute atomic E-state index is 0.333. The van der Waals surface area contributed by atoms with Crippen LogP contribution in [0.2, 0.25) is 0 Å². The second kappa shape index (κ2) is 5.81. The van der Waals surface area contributed by atoms with Gasteiger partial charge in [0, 0.05) is 5.56 Å². The van der Waals surface area contributed by atoms with Gasteiger partial charge in [-0.3, -0.25) is 14.4 Å². The molecule has 0 aliphatic rings. The molecular weight excluding hydrogens is 234 g/mol. The number of carbonyl (C=O) groups is 3. The van der Waals surface area contributed by atoms with Gasteiger partial charge >= 0.3 is 0 Å². The third kappa shape index (κ3) is 3.31. The number of benzene rings is 1. The summed E-state index contributed by atoms with van der Waals surface area (Å²) >= 11 is 0. The highest BCUT2D eigenvalue weighted by Crippen LogP contribution is 2.05. The van der Waals surface area contributed by atoms with Crippen molar-refractivity contribution in [3.63, 3.8) is 0 Å². The number of carbonyl (C=O) groups excluding carboxylic acids is 3. The van der Waals surface area contributed by atoms with Crippen LogP contribution in [0.15, 0.2) is 24.3 Å². The number of hydrogen-bond acceptors (Lipinski definition) is 3. The summed E-state index contributed by atoms with van der Waals surface area (Å²) in [6.45, 7) is 1.99. The molecule has 0 unspecified atom stereocenters. The van der Waals surface area contributed by atoms with Crippen molar-refractivity contribution in [1.29, 1.82) is 0 Å². The molecule has 0 heterocycles. The molecule has 6 heteroatoms. The van der Waals surface area contributed by atoms with E-state index in [2.05, 4.69) is 5.32 Å². The van der Waals surface area contributed by atoms with E-state index >= 15 is 0 Å². The number of hydrogen-bond donors (Lipinski definition) is 3. The van der Waals surface area contributed by atoms with Crippen molar-refractivity contribution < 1.29 is 14.4 Å². The molecule has 5 N–H and O–H groups in total. The van der Waals surface area contributed by atoms with Crippen molar-refractivity contribution >= 4 is 17.7 Å². The molecule has 0 radical (unpaired) electrons. The first kappa shape index (κ1) is 13.7. The average molecular weight is 249 g/mol. The summed E-state index contributed by atoms with van der Waals surface area (Å²) in [7, 11) is 0. The standard InChI is InChI=1S/C12H15N3O3/c1-2-7-3-5-8(6-4-7)12(18)15-9(10(13)16)11(14)17/h3-6,9H,2H2,1H3,(H2,13,16)(H2,14,17)(H,15,18). The summed E-state index contributed by atoms with van der Waals surface area (Å²) in [5, 5.41) is 2.18. The molecule has 0 atom stereocenters. The van der Waals surface area contributed by atoms with Gasteiger partial charge in [-0.05, 0) is 24.1 Å². The van der Waals surface area contributed by atoms with Crippen LogP contribution >= 0.6 is 0 Å². The highest BCUT2D eigenvalue weighted by molar-refractivity contribution is 6.08. The predicted molar refractivity (Wildman–Crippen MR) is 65.5 cm³/mol. The van der Waals surface area contributed by atoms with Gasteiger partial charge in [0.05, 0.1) is 0 Å². The van der Waals surface area contributed by atoms with E-state index in [-0.39, 0.29) is 0 Å². The second-order valence-corrected chi connectivity index (χ2v) is 3.76. The van der Waals surface area contributed by atoms with Crippen LogP contribution in [0, 0.1) is 0 Å². The zero-order valence-corrected chi connectivity index (χ0v) is 9.97. The Morgan fingerprint density at radius 3 is 2.00 bits per heavy atom. The van der Waals surface area contributed by atoms with Crippen molar-refractivity contribution in [1.82, 2.24) is 5.32 Å². The van der Waals surface area contributed by atoms with Gasteiger partial charge in [-0.1, -0.05) is 19.1 Å². The Hall–Kier alpha value is -2.37. The second-order valence-electron chi connectivity index (χ2n) is 3.76. The number of nitrogens with two attached hydrogens (primary N) is 2. The summed E-state index contributed by atoms with van der Waals surface area (Å²) in [5.41, 5.74) is 11.3. The van der Waals surface area contributed by atoms with Gasteiger partial charge < -0.3 is 16.8 Å². The van der Waals surface area contributed by atoms with E-state index in [4.69, 9.17) is 11.5 Å². The normalized spacial score (nSPS) is 10.1. The zero-order valence-electron chi connectivity index (χ0n) is 9.97. The lowest BCUT2D eigenvalue weighted by Gasteiger charge is -2.11. The third-order valence-electron chi connectivity index (χ3n) is 2.47. The van der Waals surface area contributed by atoms with Crippen LogP contribution in [0.4, 0.5) is 0 Å². The van der Waals surface area contributed by atoms with Crippen molar-refractivity contribution in [2.24, 2.45) is 11.5 Å². The number of rotatable bonds is 5. The molecule has 96 valence electrons. The molecule has 3 amide bonds. The number of aryl methyl sites for hydroxylation is 1. The average Bonchev–Trinajstić information content (AvgIpc) is 2.35. The van der Waals surface area contributed by atoms with Crippen LogP contribution in [-0.2, 0) is 16.0 Å². The first-order chi connectivity index (χ1) is 8.45. The van der Waals surface area contributed by atoms with Gasteiger partial charge in [0.2, 0.25) is 11.8 Å². The van der Waals surface area contributed by atoms with E-state index in [1.165, 1.54) is 0 Å². The van der Waals surface area contributed by atoms with Crippen LogP contribution in [0.3, 0.4) is 0 Å². The van der Waals surface area contributed by atoms with Crippen LogP contribution < -0.4 is 16.8 Å². The van der Waals surface area contributed by atoms with Gasteiger partial charge in [-0.2, -0.15) is 0 Å². The van der Waals surface area contributed by atoms with E-state index in [0.29, 0.717) is 5.56 Å². The molecule has 0 saturated carbocycles. The molecule has 1 aromatic rings. The van der Waals surface area contributed by atoms with Crippen LogP contribution in [0.25, 0.3) is 0 Å². The molecule has 0 bridgehead atoms. The Kier molecular flexibility index (Phi) is 4.42. The predicted octanol–water partition coefficient (Wildman–Crippen LogP) is -0.682. The van der Waals surface area contributed by atoms with Gasteiger partial charge in [-0.25, -0.2) is 0 Å². The molecule has 1 aromatic carbocycles. The van der Waals surface area contributed by atoms with Crippen molar-refractivity contribution in [2.75, 3.05) is 0 Å². The van der Waals surface area contributed by atoms with Gasteiger partial charge in [0.1, 0.15) is 0 Å². The minimum atomic E-state index is -1.50. The molecule has 0 spiro atoms. The lowest BCUT2D eigenvalue weighted by molar-refractivity contribution is -0.128. The fourth-order valence-corrected chi connectivity index (χ4v) is 1.39. The maximum absolute atomic E-state index is 11.7. The summed E-state index contributed by atoms with van der Waals surface area (Å²) in [5.74, 6) is -2.54. The molecule has 0 aliphatic heterocycles. The highest BCUT2D eigenvalue weighted by Gasteiger charge is 2.24. The van der Waals surface area contributed by atoms with Crippen molar-refractivity contribution in [2.45, 2.75) is 19.4 Å². The fourth-order valence-electron chi connectivity index (χ4n) is 1.39. The Morgan fingerprint density at radius 2 is 1.61 bits per heavy atom. The molecule has 0 aromatic heterocycles. The summed E-state index contributed by atoms with van der Waals surface area (Å²) in [4.78, 5) is 33.6. The monoisotopic (exact) mass is 249 g/mol. The molecule has 18 heavy (non-hydrogen) atoms. The minimum Gasteiger partial charge on any atom is -0.367 e. The number of primary amides is 2. The topological polar surface area (TPSA) is 115 Å². The maximum atomic E-state index is 11.7. The van der Waals surface area contributed by atoms with Gasteiger partial charge in [0.15, 0.2) is 6.04 Å². The van der Waals surface area contributed by atoms with E-state index < -0.39 is 23.8 Å². The maximum Gasteiger partial charge on any atom is 0.252 e.